The Morgan fingerprint density at radius 1 is 1.03 bits per heavy atom. The molecule has 36 heavy (non-hydrogen) atoms. The van der Waals surface area contributed by atoms with Crippen molar-refractivity contribution in [3.8, 4) is 5.75 Å². The fraction of sp³-hybridized carbons (Fsp3) is 0.333. The van der Waals surface area contributed by atoms with Gasteiger partial charge >= 0.3 is 0 Å². The van der Waals surface area contributed by atoms with Crippen molar-refractivity contribution in [3.63, 3.8) is 0 Å². The number of benzene rings is 2. The summed E-state index contributed by atoms with van der Waals surface area (Å²) in [5.41, 5.74) is 3.54. The lowest BCUT2D eigenvalue weighted by Gasteiger charge is -2.29. The van der Waals surface area contributed by atoms with Crippen molar-refractivity contribution in [1.82, 2.24) is 20.1 Å². The van der Waals surface area contributed by atoms with Crippen molar-refractivity contribution >= 4 is 40.2 Å². The third-order valence-electron chi connectivity index (χ3n) is 6.83. The molecule has 2 N–H and O–H groups in total. The van der Waals surface area contributed by atoms with E-state index in [1.807, 2.05) is 12.1 Å². The minimum absolute atomic E-state index is 0.0941. The molecule has 0 radical (unpaired) electrons. The number of nitrogens with one attached hydrogen (secondary N) is 1. The average Bonchev–Trinajstić information content (AvgIpc) is 3.47. The summed E-state index contributed by atoms with van der Waals surface area (Å²) in [6.07, 6.45) is 3.26. The molecule has 3 aliphatic heterocycles. The van der Waals surface area contributed by atoms with Gasteiger partial charge in [-0.25, -0.2) is 4.98 Å². The number of carbonyl (C=O) groups is 3. The Kier molecular flexibility index (Phi) is 6.89. The summed E-state index contributed by atoms with van der Waals surface area (Å²) in [6, 6.07) is 14.2. The SMILES string of the molecule is Clc1ccc2cc(CN3CCCC3)ccc2n1.O=C1CCC(N2Cc3cc(O)ccc3C2=O)C(=O)N1. The van der Waals surface area contributed by atoms with E-state index in [0.717, 1.165) is 12.1 Å². The van der Waals surface area contributed by atoms with Gasteiger partial charge in [0.25, 0.3) is 5.91 Å². The second kappa shape index (κ2) is 10.2. The predicted molar refractivity (Wildman–Crippen MR) is 135 cm³/mol. The number of hydrogen-bond donors (Lipinski definition) is 2. The van der Waals surface area contributed by atoms with E-state index < -0.39 is 11.9 Å². The van der Waals surface area contributed by atoms with Gasteiger partial charge in [0.05, 0.1) is 5.52 Å². The van der Waals surface area contributed by atoms with Gasteiger partial charge in [-0.3, -0.25) is 24.6 Å². The van der Waals surface area contributed by atoms with E-state index in [-0.39, 0.29) is 30.5 Å². The number of phenolic OH excluding ortho intramolecular Hbond substituents is 1. The molecule has 0 spiro atoms. The fourth-order valence-electron chi connectivity index (χ4n) is 5.01. The molecule has 2 aromatic carbocycles. The highest BCUT2D eigenvalue weighted by Gasteiger charge is 2.39. The van der Waals surface area contributed by atoms with Gasteiger partial charge in [-0.05, 0) is 85.9 Å². The number of pyridine rings is 1. The smallest absolute Gasteiger partial charge is 0.255 e. The largest absolute Gasteiger partial charge is 0.508 e. The molecular weight excluding hydrogens is 480 g/mol. The highest BCUT2D eigenvalue weighted by Crippen LogP contribution is 2.29. The van der Waals surface area contributed by atoms with Crippen LogP contribution in [-0.4, -0.2) is 56.7 Å². The highest BCUT2D eigenvalue weighted by molar-refractivity contribution is 6.29. The number of aromatic hydroxyl groups is 1. The zero-order valence-electron chi connectivity index (χ0n) is 19.7. The molecule has 9 heteroatoms. The standard InChI is InChI=1S/C14H15ClN2.C13H12N2O4/c15-14-6-4-12-9-11(3-5-13(12)16-14)10-17-7-1-2-8-17;16-8-1-2-9-7(5-8)6-15(13(9)19)10-3-4-11(17)14-12(10)18/h3-6,9H,1-2,7-8,10H2;1-2,5,10,16H,3-4,6H2,(H,14,17,18). The summed E-state index contributed by atoms with van der Waals surface area (Å²) in [6.45, 7) is 3.81. The van der Waals surface area contributed by atoms with Crippen LogP contribution in [0.15, 0.2) is 48.5 Å². The topological polar surface area (TPSA) is 103 Å². The number of imide groups is 1. The number of fused-ring (bicyclic) bond motifs is 2. The molecule has 2 saturated heterocycles. The quantitative estimate of drug-likeness (QED) is 0.415. The van der Waals surface area contributed by atoms with Crippen molar-refractivity contribution in [1.29, 1.82) is 0 Å². The number of piperidine rings is 1. The van der Waals surface area contributed by atoms with Crippen LogP contribution >= 0.6 is 11.6 Å². The maximum Gasteiger partial charge on any atom is 0.255 e. The first-order chi connectivity index (χ1) is 17.4. The number of halogens is 1. The van der Waals surface area contributed by atoms with Gasteiger partial charge in [-0.2, -0.15) is 0 Å². The number of phenols is 1. The summed E-state index contributed by atoms with van der Waals surface area (Å²) >= 11 is 5.88. The molecule has 8 nitrogen and oxygen atoms in total. The maximum absolute atomic E-state index is 12.2. The summed E-state index contributed by atoms with van der Waals surface area (Å²) in [5.74, 6) is -0.870. The molecule has 4 heterocycles. The van der Waals surface area contributed by atoms with E-state index in [1.165, 1.54) is 53.9 Å². The van der Waals surface area contributed by atoms with Gasteiger partial charge in [0, 0.05) is 30.5 Å². The van der Waals surface area contributed by atoms with E-state index >= 15 is 0 Å². The molecular formula is C27H27ClN4O4. The van der Waals surface area contributed by atoms with Crippen LogP contribution in [0.2, 0.25) is 5.15 Å². The van der Waals surface area contributed by atoms with Crippen molar-refractivity contribution in [2.24, 2.45) is 0 Å². The first kappa shape index (κ1) is 24.2. The van der Waals surface area contributed by atoms with E-state index in [2.05, 4.69) is 33.4 Å². The van der Waals surface area contributed by atoms with Crippen LogP contribution in [0.4, 0.5) is 0 Å². The summed E-state index contributed by atoms with van der Waals surface area (Å²) in [4.78, 5) is 43.4. The van der Waals surface area contributed by atoms with Crippen LogP contribution in [0.5, 0.6) is 5.75 Å². The maximum atomic E-state index is 12.2. The summed E-state index contributed by atoms with van der Waals surface area (Å²) in [7, 11) is 0. The lowest BCUT2D eigenvalue weighted by atomic mass is 10.0. The number of amides is 3. The first-order valence-electron chi connectivity index (χ1n) is 12.1. The van der Waals surface area contributed by atoms with E-state index in [4.69, 9.17) is 11.6 Å². The van der Waals surface area contributed by atoms with Crippen LogP contribution in [0.1, 0.15) is 47.2 Å². The Morgan fingerprint density at radius 2 is 1.83 bits per heavy atom. The van der Waals surface area contributed by atoms with Gasteiger partial charge in [-0.1, -0.05) is 17.7 Å². The monoisotopic (exact) mass is 506 g/mol. The van der Waals surface area contributed by atoms with Crippen LogP contribution < -0.4 is 5.32 Å². The molecule has 2 fully saturated rings. The van der Waals surface area contributed by atoms with E-state index in [0.29, 0.717) is 22.7 Å². The second-order valence-corrected chi connectivity index (χ2v) is 9.77. The minimum Gasteiger partial charge on any atom is -0.508 e. The van der Waals surface area contributed by atoms with Crippen LogP contribution in [0.3, 0.4) is 0 Å². The number of aromatic nitrogens is 1. The molecule has 0 bridgehead atoms. The van der Waals surface area contributed by atoms with Gasteiger partial charge in [-0.15, -0.1) is 0 Å². The normalized spacial score (nSPS) is 19.8. The van der Waals surface area contributed by atoms with Crippen molar-refractivity contribution in [2.75, 3.05) is 13.1 Å². The minimum atomic E-state index is -0.611. The van der Waals surface area contributed by atoms with Gasteiger partial charge in [0.15, 0.2) is 0 Å². The molecule has 186 valence electrons. The van der Waals surface area contributed by atoms with Gasteiger partial charge in [0.1, 0.15) is 16.9 Å². The second-order valence-electron chi connectivity index (χ2n) is 9.39. The van der Waals surface area contributed by atoms with Crippen molar-refractivity contribution < 1.29 is 19.5 Å². The summed E-state index contributed by atoms with van der Waals surface area (Å²) in [5, 5.41) is 13.4. The molecule has 1 unspecified atom stereocenters. The lowest BCUT2D eigenvalue weighted by Crippen LogP contribution is -2.52. The highest BCUT2D eigenvalue weighted by atomic mass is 35.5. The van der Waals surface area contributed by atoms with Crippen LogP contribution in [-0.2, 0) is 22.7 Å². The molecule has 0 saturated carbocycles. The van der Waals surface area contributed by atoms with Crippen LogP contribution in [0, 0.1) is 0 Å². The van der Waals surface area contributed by atoms with Gasteiger partial charge < -0.3 is 10.0 Å². The third-order valence-corrected chi connectivity index (χ3v) is 7.04. The Hall–Kier alpha value is -3.49. The Balaban J connectivity index is 0.000000149. The number of nitrogens with zero attached hydrogens (tertiary/aromatic N) is 3. The molecule has 3 aliphatic rings. The Labute approximate surface area is 213 Å². The molecule has 6 rings (SSSR count). The fourth-order valence-corrected chi connectivity index (χ4v) is 5.16. The third kappa shape index (κ3) is 5.20. The first-order valence-corrected chi connectivity index (χ1v) is 12.5. The number of likely N-dealkylation sites (tertiary alicyclic amines) is 1. The molecule has 1 aromatic heterocycles. The number of hydrogen-bond acceptors (Lipinski definition) is 6. The van der Waals surface area contributed by atoms with Gasteiger partial charge in [0.2, 0.25) is 11.8 Å². The molecule has 3 aromatic rings. The molecule has 1 atom stereocenters. The van der Waals surface area contributed by atoms with Crippen LogP contribution in [0.25, 0.3) is 10.9 Å². The number of carbonyl (C=O) groups excluding carboxylic acids is 3. The average molecular weight is 507 g/mol. The van der Waals surface area contributed by atoms with E-state index in [9.17, 15) is 19.5 Å². The predicted octanol–water partition coefficient (Wildman–Crippen LogP) is 3.64. The zero-order chi connectivity index (χ0) is 25.2. The van der Waals surface area contributed by atoms with Crippen molar-refractivity contribution in [2.45, 2.75) is 44.8 Å². The van der Waals surface area contributed by atoms with E-state index in [1.54, 1.807) is 6.07 Å². The lowest BCUT2D eigenvalue weighted by molar-refractivity contribution is -0.136. The zero-order valence-corrected chi connectivity index (χ0v) is 20.5. The Bertz CT molecular complexity index is 1340. The van der Waals surface area contributed by atoms with Crippen molar-refractivity contribution in [3.05, 3.63) is 70.4 Å². The Morgan fingerprint density at radius 3 is 2.61 bits per heavy atom. The molecule has 0 aliphatic carbocycles. The summed E-state index contributed by atoms with van der Waals surface area (Å²) < 4.78 is 0. The molecule has 3 amide bonds. The number of rotatable bonds is 3.